The van der Waals surface area contributed by atoms with Gasteiger partial charge in [0, 0.05) is 28.7 Å². The SMILES string of the molecule is CC.O=C(CCC(=O)c1ccccc1C(F)(F)F)c1ccc2sccc2c1. The molecule has 2 nitrogen and oxygen atoms in total. The zero-order valence-corrected chi connectivity index (χ0v) is 15.8. The van der Waals surface area contributed by atoms with E-state index in [1.165, 1.54) is 12.1 Å². The summed E-state index contributed by atoms with van der Waals surface area (Å²) in [5.74, 6) is -0.941. The Hall–Kier alpha value is -2.47. The topological polar surface area (TPSA) is 34.1 Å². The summed E-state index contributed by atoms with van der Waals surface area (Å²) < 4.78 is 40.0. The van der Waals surface area contributed by atoms with Crippen LogP contribution in [0.1, 0.15) is 53.0 Å². The van der Waals surface area contributed by atoms with E-state index in [2.05, 4.69) is 0 Å². The van der Waals surface area contributed by atoms with Crippen LogP contribution >= 0.6 is 11.3 Å². The van der Waals surface area contributed by atoms with Crippen LogP contribution in [0.2, 0.25) is 0 Å². The largest absolute Gasteiger partial charge is 0.417 e. The van der Waals surface area contributed by atoms with Crippen molar-refractivity contribution in [3.63, 3.8) is 0 Å². The van der Waals surface area contributed by atoms with E-state index < -0.39 is 23.1 Å². The molecule has 0 amide bonds. The maximum atomic E-state index is 13.0. The average Bonchev–Trinajstić information content (AvgIpc) is 3.14. The molecule has 0 aliphatic carbocycles. The normalized spacial score (nSPS) is 11.0. The van der Waals surface area contributed by atoms with Crippen LogP contribution in [-0.4, -0.2) is 11.6 Å². The van der Waals surface area contributed by atoms with Crippen molar-refractivity contribution in [2.24, 2.45) is 0 Å². The number of fused-ring (bicyclic) bond motifs is 1. The summed E-state index contributed by atoms with van der Waals surface area (Å²) in [5, 5.41) is 2.85. The lowest BCUT2D eigenvalue weighted by molar-refractivity contribution is -0.137. The van der Waals surface area contributed by atoms with Crippen LogP contribution in [0.25, 0.3) is 10.1 Å². The first-order valence-electron chi connectivity index (χ1n) is 8.56. The van der Waals surface area contributed by atoms with Gasteiger partial charge in [0.1, 0.15) is 0 Å². The van der Waals surface area contributed by atoms with Crippen molar-refractivity contribution in [1.29, 1.82) is 0 Å². The van der Waals surface area contributed by atoms with Crippen molar-refractivity contribution in [2.75, 3.05) is 0 Å². The van der Waals surface area contributed by atoms with Gasteiger partial charge >= 0.3 is 6.18 Å². The smallest absolute Gasteiger partial charge is 0.294 e. The molecule has 3 rings (SSSR count). The van der Waals surface area contributed by atoms with Crippen molar-refractivity contribution in [3.05, 3.63) is 70.6 Å². The maximum absolute atomic E-state index is 13.0. The molecule has 1 heterocycles. The predicted octanol–water partition coefficient (Wildman–Crippen LogP) is 6.79. The number of halogens is 3. The molecule has 3 aromatic rings. The predicted molar refractivity (Wildman–Crippen MR) is 103 cm³/mol. The zero-order valence-electron chi connectivity index (χ0n) is 15.0. The molecule has 0 radical (unpaired) electrons. The molecular formula is C21H19F3O2S. The number of carbonyl (C=O) groups is 2. The molecule has 0 spiro atoms. The number of hydrogen-bond acceptors (Lipinski definition) is 3. The van der Waals surface area contributed by atoms with Gasteiger partial charge in [0.05, 0.1) is 5.56 Å². The first kappa shape index (κ1) is 20.8. The molecule has 0 bridgehead atoms. The average molecular weight is 392 g/mol. The third-order valence-electron chi connectivity index (χ3n) is 3.89. The van der Waals surface area contributed by atoms with Crippen molar-refractivity contribution in [3.8, 4) is 0 Å². The van der Waals surface area contributed by atoms with Crippen molar-refractivity contribution in [2.45, 2.75) is 32.9 Å². The van der Waals surface area contributed by atoms with Gasteiger partial charge in [0.15, 0.2) is 11.6 Å². The summed E-state index contributed by atoms with van der Waals surface area (Å²) >= 11 is 1.56. The number of carbonyl (C=O) groups excluding carboxylic acids is 2. The first-order chi connectivity index (χ1) is 12.9. The number of hydrogen-bond donors (Lipinski definition) is 0. The molecule has 0 saturated carbocycles. The highest BCUT2D eigenvalue weighted by atomic mass is 32.1. The molecule has 0 atom stereocenters. The van der Waals surface area contributed by atoms with Gasteiger partial charge in [-0.2, -0.15) is 13.2 Å². The Bertz CT molecular complexity index is 942. The number of thiophene rings is 1. The number of Topliss-reactive ketones (excluding diaryl/α,β-unsaturated/α-hetero) is 2. The van der Waals surface area contributed by atoms with Crippen LogP contribution < -0.4 is 0 Å². The molecule has 0 unspecified atom stereocenters. The summed E-state index contributed by atoms with van der Waals surface area (Å²) in [4.78, 5) is 24.4. The van der Waals surface area contributed by atoms with Gasteiger partial charge in [0.25, 0.3) is 0 Å². The Balaban J connectivity index is 0.00000126. The molecular weight excluding hydrogens is 373 g/mol. The molecule has 1 aromatic heterocycles. The van der Waals surface area contributed by atoms with E-state index in [-0.39, 0.29) is 18.6 Å². The Morgan fingerprint density at radius 2 is 1.59 bits per heavy atom. The fourth-order valence-electron chi connectivity index (χ4n) is 2.62. The van der Waals surface area contributed by atoms with Crippen molar-refractivity contribution in [1.82, 2.24) is 0 Å². The Morgan fingerprint density at radius 3 is 2.30 bits per heavy atom. The quantitative estimate of drug-likeness (QED) is 0.448. The highest BCUT2D eigenvalue weighted by Gasteiger charge is 2.34. The fraction of sp³-hybridized carbons (Fsp3) is 0.238. The molecule has 0 aliphatic heterocycles. The number of alkyl halides is 3. The van der Waals surface area contributed by atoms with Crippen LogP contribution in [-0.2, 0) is 6.18 Å². The third-order valence-corrected chi connectivity index (χ3v) is 4.78. The minimum atomic E-state index is -4.60. The van der Waals surface area contributed by atoms with E-state index in [9.17, 15) is 22.8 Å². The van der Waals surface area contributed by atoms with Crippen LogP contribution in [0.3, 0.4) is 0 Å². The monoisotopic (exact) mass is 392 g/mol. The van der Waals surface area contributed by atoms with Gasteiger partial charge in [-0.1, -0.05) is 32.0 Å². The van der Waals surface area contributed by atoms with Gasteiger partial charge in [-0.25, -0.2) is 0 Å². The summed E-state index contributed by atoms with van der Waals surface area (Å²) in [5.41, 5.74) is -0.897. The second-order valence-electron chi connectivity index (χ2n) is 5.56. The summed E-state index contributed by atoms with van der Waals surface area (Å²) in [6.07, 6.45) is -4.98. The third kappa shape index (κ3) is 5.04. The standard InChI is InChI=1S/C19H13F3O2S.C2H6/c20-19(21,22)15-4-2-1-3-14(15)17(24)7-6-16(23)12-5-8-18-13(11-12)9-10-25-18;1-2/h1-5,8-11H,6-7H2;1-2H3. The molecule has 2 aromatic carbocycles. The number of rotatable bonds is 5. The summed E-state index contributed by atoms with van der Waals surface area (Å²) in [6.45, 7) is 4.00. The highest BCUT2D eigenvalue weighted by molar-refractivity contribution is 7.17. The highest BCUT2D eigenvalue weighted by Crippen LogP contribution is 2.32. The minimum Gasteiger partial charge on any atom is -0.294 e. The lowest BCUT2D eigenvalue weighted by atomic mass is 9.97. The van der Waals surface area contributed by atoms with Crippen LogP contribution in [0.4, 0.5) is 13.2 Å². The van der Waals surface area contributed by atoms with Gasteiger partial charge in [-0.05, 0) is 41.1 Å². The number of benzene rings is 2. The van der Waals surface area contributed by atoms with E-state index in [4.69, 9.17) is 0 Å². The van der Waals surface area contributed by atoms with Crippen LogP contribution in [0.15, 0.2) is 53.9 Å². The minimum absolute atomic E-state index is 0.124. The Kier molecular flexibility index (Phi) is 6.91. The molecule has 142 valence electrons. The van der Waals surface area contributed by atoms with Gasteiger partial charge in [-0.3, -0.25) is 9.59 Å². The van der Waals surface area contributed by atoms with Gasteiger partial charge < -0.3 is 0 Å². The molecule has 0 fully saturated rings. The van der Waals surface area contributed by atoms with E-state index in [0.717, 1.165) is 22.2 Å². The molecule has 6 heteroatoms. The Labute approximate surface area is 159 Å². The zero-order chi connectivity index (χ0) is 20.0. The molecule has 0 saturated heterocycles. The second-order valence-corrected chi connectivity index (χ2v) is 6.51. The van der Waals surface area contributed by atoms with E-state index in [0.29, 0.717) is 5.56 Å². The van der Waals surface area contributed by atoms with Crippen LogP contribution in [0, 0.1) is 0 Å². The van der Waals surface area contributed by atoms with Crippen molar-refractivity contribution >= 4 is 33.0 Å². The summed E-state index contributed by atoms with van der Waals surface area (Å²) in [7, 11) is 0. The van der Waals surface area contributed by atoms with Crippen molar-refractivity contribution < 1.29 is 22.8 Å². The van der Waals surface area contributed by atoms with Gasteiger partial charge in [-0.15, -0.1) is 11.3 Å². The van der Waals surface area contributed by atoms with E-state index >= 15 is 0 Å². The number of ketones is 2. The lowest BCUT2D eigenvalue weighted by Crippen LogP contribution is -2.14. The van der Waals surface area contributed by atoms with E-state index in [1.54, 1.807) is 23.5 Å². The fourth-order valence-corrected chi connectivity index (χ4v) is 3.39. The second kappa shape index (κ2) is 8.95. The van der Waals surface area contributed by atoms with E-state index in [1.807, 2.05) is 31.4 Å². The molecule has 0 aliphatic rings. The van der Waals surface area contributed by atoms with Gasteiger partial charge in [0.2, 0.25) is 0 Å². The Morgan fingerprint density at radius 1 is 0.926 bits per heavy atom. The maximum Gasteiger partial charge on any atom is 0.417 e. The lowest BCUT2D eigenvalue weighted by Gasteiger charge is -2.11. The van der Waals surface area contributed by atoms with Crippen LogP contribution in [0.5, 0.6) is 0 Å². The first-order valence-corrected chi connectivity index (χ1v) is 9.44. The molecule has 27 heavy (non-hydrogen) atoms. The molecule has 0 N–H and O–H groups in total. The summed E-state index contributed by atoms with van der Waals surface area (Å²) in [6, 6.07) is 11.8.